The van der Waals surface area contributed by atoms with Crippen LogP contribution in [-0.2, 0) is 9.84 Å². The van der Waals surface area contributed by atoms with Gasteiger partial charge in [0.2, 0.25) is 0 Å². The van der Waals surface area contributed by atoms with E-state index in [1.54, 1.807) is 6.92 Å². The molecule has 0 aromatic rings. The van der Waals surface area contributed by atoms with E-state index in [9.17, 15) is 8.42 Å². The fraction of sp³-hybridized carbons (Fsp3) is 1.00. The van der Waals surface area contributed by atoms with Crippen LogP contribution in [0.3, 0.4) is 0 Å². The molecule has 3 nitrogen and oxygen atoms in total. The molecule has 1 saturated carbocycles. The average molecular weight is 191 g/mol. The lowest BCUT2D eigenvalue weighted by molar-refractivity contribution is 0.479. The second-order valence-corrected chi connectivity index (χ2v) is 6.14. The third-order valence-corrected chi connectivity index (χ3v) is 4.97. The molecule has 1 aliphatic carbocycles. The molecule has 0 aliphatic heterocycles. The molecule has 1 aliphatic rings. The molecule has 12 heavy (non-hydrogen) atoms. The molecule has 0 heterocycles. The summed E-state index contributed by atoms with van der Waals surface area (Å²) >= 11 is 0. The van der Waals surface area contributed by atoms with Crippen molar-refractivity contribution in [2.24, 2.45) is 5.73 Å². The molecule has 2 N–H and O–H groups in total. The largest absolute Gasteiger partial charge is 0.315 e. The summed E-state index contributed by atoms with van der Waals surface area (Å²) in [4.78, 5) is 0. The number of sulfone groups is 1. The van der Waals surface area contributed by atoms with Crippen LogP contribution in [0.4, 0.5) is 0 Å². The van der Waals surface area contributed by atoms with Gasteiger partial charge in [-0.2, -0.15) is 0 Å². The van der Waals surface area contributed by atoms with Crippen LogP contribution in [0.5, 0.6) is 0 Å². The molecule has 4 heteroatoms. The second kappa shape index (κ2) is 3.75. The Hall–Kier alpha value is -0.0900. The van der Waals surface area contributed by atoms with Crippen molar-refractivity contribution in [1.82, 2.24) is 0 Å². The molecule has 0 spiro atoms. The first-order valence-corrected chi connectivity index (χ1v) is 6.14. The highest BCUT2D eigenvalue weighted by molar-refractivity contribution is 7.92. The van der Waals surface area contributed by atoms with E-state index >= 15 is 0 Å². The topological polar surface area (TPSA) is 60.2 Å². The van der Waals surface area contributed by atoms with Gasteiger partial charge >= 0.3 is 0 Å². The van der Waals surface area contributed by atoms with Gasteiger partial charge in [-0.25, -0.2) is 8.42 Å². The quantitative estimate of drug-likeness (QED) is 0.709. The highest BCUT2D eigenvalue weighted by Gasteiger charge is 2.29. The molecule has 1 unspecified atom stereocenters. The summed E-state index contributed by atoms with van der Waals surface area (Å²) in [6.45, 7) is 1.56. The van der Waals surface area contributed by atoms with Crippen molar-refractivity contribution < 1.29 is 8.42 Å². The Morgan fingerprint density at radius 3 is 2.17 bits per heavy atom. The third kappa shape index (κ3) is 1.98. The molecule has 0 aromatic heterocycles. The van der Waals surface area contributed by atoms with Crippen LogP contribution in [-0.4, -0.2) is 19.0 Å². The Bertz CT molecular complexity index is 227. The summed E-state index contributed by atoms with van der Waals surface area (Å²) in [5.41, 5.74) is 5.41. The Balaban J connectivity index is 2.67. The number of rotatable bonds is 2. The maximum absolute atomic E-state index is 11.6. The predicted molar refractivity (Wildman–Crippen MR) is 49.4 cm³/mol. The van der Waals surface area contributed by atoms with Crippen LogP contribution < -0.4 is 5.73 Å². The summed E-state index contributed by atoms with van der Waals surface area (Å²) in [7, 11) is -3.02. The molecular formula is C8H17NO2S. The van der Waals surface area contributed by atoms with Crippen LogP contribution in [0.1, 0.15) is 39.0 Å². The monoisotopic (exact) mass is 191 g/mol. The van der Waals surface area contributed by atoms with Gasteiger partial charge in [-0.05, 0) is 19.8 Å². The zero-order valence-corrected chi connectivity index (χ0v) is 8.31. The molecule has 0 saturated heterocycles. The molecule has 0 amide bonds. The van der Waals surface area contributed by atoms with E-state index in [2.05, 4.69) is 0 Å². The van der Waals surface area contributed by atoms with Crippen LogP contribution in [0.15, 0.2) is 0 Å². The summed E-state index contributed by atoms with van der Waals surface area (Å²) in [6, 6.07) is 0. The van der Waals surface area contributed by atoms with E-state index in [1.165, 1.54) is 6.42 Å². The van der Waals surface area contributed by atoms with Crippen molar-refractivity contribution >= 4 is 9.84 Å². The maximum atomic E-state index is 11.6. The van der Waals surface area contributed by atoms with E-state index in [0.717, 1.165) is 25.7 Å². The summed E-state index contributed by atoms with van der Waals surface area (Å²) in [5.74, 6) is 0. The lowest BCUT2D eigenvalue weighted by Gasteiger charge is -2.23. The first kappa shape index (κ1) is 9.99. The standard InChI is InChI=1S/C8H17NO2S/c1-7(9)12(10,11)8-5-3-2-4-6-8/h7-8H,2-6,9H2,1H3. The van der Waals surface area contributed by atoms with Gasteiger partial charge in [0, 0.05) is 0 Å². The summed E-state index contributed by atoms with van der Waals surface area (Å²) in [5, 5.41) is -0.855. The summed E-state index contributed by atoms with van der Waals surface area (Å²) in [6.07, 6.45) is 4.87. The minimum atomic E-state index is -3.02. The molecule has 0 bridgehead atoms. The van der Waals surface area contributed by atoms with Gasteiger partial charge in [0.15, 0.2) is 9.84 Å². The van der Waals surface area contributed by atoms with Gasteiger partial charge < -0.3 is 5.73 Å². The minimum Gasteiger partial charge on any atom is -0.315 e. The molecular weight excluding hydrogens is 174 g/mol. The van der Waals surface area contributed by atoms with Crippen molar-refractivity contribution in [3.05, 3.63) is 0 Å². The zero-order valence-electron chi connectivity index (χ0n) is 7.49. The SMILES string of the molecule is CC(N)S(=O)(=O)C1CCCCC1. The molecule has 1 fully saturated rings. The van der Waals surface area contributed by atoms with E-state index < -0.39 is 15.2 Å². The molecule has 72 valence electrons. The van der Waals surface area contributed by atoms with Crippen molar-refractivity contribution in [3.63, 3.8) is 0 Å². The molecule has 0 aromatic carbocycles. The smallest absolute Gasteiger partial charge is 0.168 e. The Morgan fingerprint density at radius 2 is 1.75 bits per heavy atom. The zero-order chi connectivity index (χ0) is 9.19. The highest BCUT2D eigenvalue weighted by Crippen LogP contribution is 2.24. The fourth-order valence-electron chi connectivity index (χ4n) is 1.70. The maximum Gasteiger partial charge on any atom is 0.168 e. The highest BCUT2D eigenvalue weighted by atomic mass is 32.2. The van der Waals surface area contributed by atoms with Crippen molar-refractivity contribution in [1.29, 1.82) is 0 Å². The Morgan fingerprint density at radius 1 is 1.25 bits per heavy atom. The van der Waals surface area contributed by atoms with Gasteiger partial charge in [0.1, 0.15) is 5.37 Å². The van der Waals surface area contributed by atoms with Gasteiger partial charge in [-0.3, -0.25) is 0 Å². The first-order chi connectivity index (χ1) is 5.55. The average Bonchev–Trinajstić information content (AvgIpc) is 2.06. The number of hydrogen-bond donors (Lipinski definition) is 1. The normalized spacial score (nSPS) is 23.8. The van der Waals surface area contributed by atoms with Crippen molar-refractivity contribution in [2.45, 2.75) is 49.7 Å². The van der Waals surface area contributed by atoms with Crippen LogP contribution in [0.25, 0.3) is 0 Å². The van der Waals surface area contributed by atoms with E-state index in [0.29, 0.717) is 0 Å². The second-order valence-electron chi connectivity index (χ2n) is 3.55. The van der Waals surface area contributed by atoms with E-state index in [4.69, 9.17) is 5.73 Å². The Kier molecular flexibility index (Phi) is 3.12. The van der Waals surface area contributed by atoms with Gasteiger partial charge in [-0.15, -0.1) is 0 Å². The fourth-order valence-corrected chi connectivity index (χ4v) is 3.29. The first-order valence-electron chi connectivity index (χ1n) is 4.53. The van der Waals surface area contributed by atoms with Crippen LogP contribution in [0.2, 0.25) is 0 Å². The Labute approximate surface area is 74.3 Å². The van der Waals surface area contributed by atoms with Crippen molar-refractivity contribution in [2.75, 3.05) is 0 Å². The molecule has 1 atom stereocenters. The lowest BCUT2D eigenvalue weighted by atomic mass is 10.0. The minimum absolute atomic E-state index is 0.161. The van der Waals surface area contributed by atoms with E-state index in [1.807, 2.05) is 0 Å². The van der Waals surface area contributed by atoms with Crippen LogP contribution >= 0.6 is 0 Å². The molecule has 0 radical (unpaired) electrons. The van der Waals surface area contributed by atoms with Crippen LogP contribution in [0, 0.1) is 0 Å². The third-order valence-electron chi connectivity index (χ3n) is 2.54. The van der Waals surface area contributed by atoms with E-state index in [-0.39, 0.29) is 5.25 Å². The van der Waals surface area contributed by atoms with Gasteiger partial charge in [0.25, 0.3) is 0 Å². The number of hydrogen-bond acceptors (Lipinski definition) is 3. The lowest BCUT2D eigenvalue weighted by Crippen LogP contribution is -2.36. The predicted octanol–water partition coefficient (Wildman–Crippen LogP) is 1.04. The van der Waals surface area contributed by atoms with Gasteiger partial charge in [-0.1, -0.05) is 19.3 Å². The summed E-state index contributed by atoms with van der Waals surface area (Å²) < 4.78 is 23.1. The molecule has 1 rings (SSSR count). The number of nitrogens with two attached hydrogens (primary N) is 1. The van der Waals surface area contributed by atoms with Gasteiger partial charge in [0.05, 0.1) is 5.25 Å². The van der Waals surface area contributed by atoms with Crippen molar-refractivity contribution in [3.8, 4) is 0 Å².